The molecule has 0 aromatic carbocycles. The number of anilines is 1. The number of hydrogen-bond donors (Lipinski definition) is 1. The van der Waals surface area contributed by atoms with E-state index in [9.17, 15) is 9.59 Å². The van der Waals surface area contributed by atoms with Crippen LogP contribution in [-0.2, 0) is 9.53 Å². The maximum atomic E-state index is 12.9. The first-order valence-corrected chi connectivity index (χ1v) is 10.9. The van der Waals surface area contributed by atoms with E-state index in [-0.39, 0.29) is 24.0 Å². The largest absolute Gasteiger partial charge is 0.465 e. The lowest BCUT2D eigenvalue weighted by molar-refractivity contribution is -0.118. The second-order valence-electron chi connectivity index (χ2n) is 7.48. The predicted octanol–water partition coefficient (Wildman–Crippen LogP) is 4.51. The molecule has 2 N–H and O–H groups in total. The smallest absolute Gasteiger partial charge is 0.350 e. The first-order chi connectivity index (χ1) is 13.0. The van der Waals surface area contributed by atoms with Gasteiger partial charge in [-0.15, -0.1) is 11.3 Å². The molecule has 1 fully saturated rings. The van der Waals surface area contributed by atoms with Crippen molar-refractivity contribution in [2.24, 2.45) is 5.73 Å². The molecule has 0 radical (unpaired) electrons. The summed E-state index contributed by atoms with van der Waals surface area (Å²) in [6.45, 7) is 1.87. The topological polar surface area (TPSA) is 72.6 Å². The molecule has 0 bridgehead atoms. The van der Waals surface area contributed by atoms with E-state index >= 15 is 0 Å². The third kappa shape index (κ3) is 4.43. The van der Waals surface area contributed by atoms with Gasteiger partial charge in [-0.3, -0.25) is 4.79 Å². The van der Waals surface area contributed by atoms with Crippen molar-refractivity contribution in [3.8, 4) is 0 Å². The highest BCUT2D eigenvalue weighted by atomic mass is 32.1. The van der Waals surface area contributed by atoms with Crippen molar-refractivity contribution in [2.45, 2.75) is 76.8 Å². The lowest BCUT2D eigenvalue weighted by Gasteiger charge is -2.36. The molecule has 5 nitrogen and oxygen atoms in total. The number of thiophene rings is 1. The zero-order valence-electron chi connectivity index (χ0n) is 16.3. The van der Waals surface area contributed by atoms with Crippen molar-refractivity contribution in [2.75, 3.05) is 12.0 Å². The zero-order chi connectivity index (χ0) is 19.4. The number of carbonyl (C=O) groups excluding carboxylic acids is 2. The Morgan fingerprint density at radius 3 is 2.59 bits per heavy atom. The molecule has 1 heterocycles. The minimum atomic E-state index is -0.362. The molecule has 6 heteroatoms. The second kappa shape index (κ2) is 9.02. The van der Waals surface area contributed by atoms with Crippen molar-refractivity contribution < 1.29 is 14.3 Å². The molecule has 2 aliphatic rings. The number of esters is 1. The van der Waals surface area contributed by atoms with Gasteiger partial charge in [-0.2, -0.15) is 0 Å². The quantitative estimate of drug-likeness (QED) is 0.751. The number of rotatable bonds is 5. The van der Waals surface area contributed by atoms with E-state index in [1.807, 2.05) is 17.9 Å². The Hall–Kier alpha value is -1.66. The summed E-state index contributed by atoms with van der Waals surface area (Å²) in [6, 6.07) is 2.35. The molecule has 1 saturated carbocycles. The van der Waals surface area contributed by atoms with Gasteiger partial charge in [0.2, 0.25) is 5.91 Å². The molecule has 3 rings (SSSR count). The van der Waals surface area contributed by atoms with E-state index < -0.39 is 0 Å². The van der Waals surface area contributed by atoms with Gasteiger partial charge in [0, 0.05) is 23.4 Å². The number of carbonyl (C=O) groups is 2. The first kappa shape index (κ1) is 20.1. The van der Waals surface area contributed by atoms with Crippen molar-refractivity contribution in [3.05, 3.63) is 21.9 Å². The number of ether oxygens (including phenoxy) is 1. The molecule has 2 aliphatic carbocycles. The Morgan fingerprint density at radius 2 is 2.00 bits per heavy atom. The second-order valence-corrected chi connectivity index (χ2v) is 8.53. The van der Waals surface area contributed by atoms with Gasteiger partial charge in [-0.05, 0) is 63.0 Å². The van der Waals surface area contributed by atoms with Crippen LogP contribution in [0.3, 0.4) is 0 Å². The first-order valence-electron chi connectivity index (χ1n) is 10.0. The molecule has 0 saturated heterocycles. The summed E-state index contributed by atoms with van der Waals surface area (Å²) in [5.74, 6) is -0.304. The molecule has 27 heavy (non-hydrogen) atoms. The van der Waals surface area contributed by atoms with Crippen LogP contribution in [0.2, 0.25) is 0 Å². The van der Waals surface area contributed by atoms with Crippen LogP contribution in [0.5, 0.6) is 0 Å². The van der Waals surface area contributed by atoms with Gasteiger partial charge < -0.3 is 15.4 Å². The van der Waals surface area contributed by atoms with Crippen LogP contribution in [0.15, 0.2) is 12.1 Å². The summed E-state index contributed by atoms with van der Waals surface area (Å²) in [5.41, 5.74) is 8.07. The van der Waals surface area contributed by atoms with Gasteiger partial charge in [0.25, 0.3) is 0 Å². The molecule has 0 aliphatic heterocycles. The summed E-state index contributed by atoms with van der Waals surface area (Å²) in [5, 5.41) is 0. The Morgan fingerprint density at radius 1 is 1.26 bits per heavy atom. The van der Waals surface area contributed by atoms with Gasteiger partial charge in [-0.1, -0.05) is 13.0 Å². The molecular weight excluding hydrogens is 360 g/mol. The minimum Gasteiger partial charge on any atom is -0.465 e. The fourth-order valence-electron chi connectivity index (χ4n) is 4.08. The summed E-state index contributed by atoms with van der Waals surface area (Å²) < 4.78 is 5.04. The van der Waals surface area contributed by atoms with Gasteiger partial charge in [0.05, 0.1) is 12.8 Å². The third-order valence-electron chi connectivity index (χ3n) is 5.63. The molecule has 0 unspecified atom stereocenters. The normalized spacial score (nSPS) is 22.9. The Bertz CT molecular complexity index is 717. The molecule has 0 atom stereocenters. The third-order valence-corrected chi connectivity index (χ3v) is 6.81. The zero-order valence-corrected chi connectivity index (χ0v) is 17.1. The fourth-order valence-corrected chi connectivity index (χ4v) is 5.22. The number of hydrogen-bond acceptors (Lipinski definition) is 5. The highest BCUT2D eigenvalue weighted by molar-refractivity contribution is 7.15. The van der Waals surface area contributed by atoms with Crippen LogP contribution in [0.1, 0.15) is 79.3 Å². The molecule has 0 spiro atoms. The van der Waals surface area contributed by atoms with E-state index in [0.29, 0.717) is 11.3 Å². The SMILES string of the molecule is CCC(=O)N(c1cc(C2=CCCCC2)sc1C(=O)OC)C1CCC(N)CC1. The summed E-state index contributed by atoms with van der Waals surface area (Å²) in [4.78, 5) is 28.9. The maximum absolute atomic E-state index is 12.9. The Labute approximate surface area is 165 Å². The van der Waals surface area contributed by atoms with Gasteiger partial charge in [-0.25, -0.2) is 4.79 Å². The number of allylic oxidation sites excluding steroid dienone is 2. The van der Waals surface area contributed by atoms with E-state index in [2.05, 4.69) is 6.08 Å². The standard InChI is InChI=1S/C21H30N2O3S/c1-3-19(24)23(16-11-9-15(22)10-12-16)17-13-18(14-7-5-4-6-8-14)27-20(17)21(25)26-2/h7,13,15-16H,3-6,8-12,22H2,1-2H3. The van der Waals surface area contributed by atoms with Crippen LogP contribution < -0.4 is 10.6 Å². The lowest BCUT2D eigenvalue weighted by atomic mass is 9.90. The van der Waals surface area contributed by atoms with Crippen LogP contribution in [0.25, 0.3) is 5.57 Å². The molecule has 1 amide bonds. The van der Waals surface area contributed by atoms with Crippen molar-refractivity contribution in [3.63, 3.8) is 0 Å². The monoisotopic (exact) mass is 390 g/mol. The highest BCUT2D eigenvalue weighted by Gasteiger charge is 2.33. The Kier molecular flexibility index (Phi) is 6.71. The average molecular weight is 391 g/mol. The van der Waals surface area contributed by atoms with Crippen molar-refractivity contribution in [1.29, 1.82) is 0 Å². The van der Waals surface area contributed by atoms with Crippen LogP contribution >= 0.6 is 11.3 Å². The van der Waals surface area contributed by atoms with Crippen LogP contribution in [0, 0.1) is 0 Å². The molecule has 148 valence electrons. The van der Waals surface area contributed by atoms with Gasteiger partial charge >= 0.3 is 5.97 Å². The Balaban J connectivity index is 2.01. The van der Waals surface area contributed by atoms with E-state index in [0.717, 1.165) is 49.1 Å². The fraction of sp³-hybridized carbons (Fsp3) is 0.619. The van der Waals surface area contributed by atoms with Gasteiger partial charge in [0.1, 0.15) is 4.88 Å². The summed E-state index contributed by atoms with van der Waals surface area (Å²) in [6.07, 6.45) is 10.8. The van der Waals surface area contributed by atoms with E-state index in [4.69, 9.17) is 10.5 Å². The molecule has 1 aromatic heterocycles. The molecular formula is C21H30N2O3S. The number of amides is 1. The minimum absolute atomic E-state index is 0.0580. The number of nitrogens with zero attached hydrogens (tertiary/aromatic N) is 1. The number of methoxy groups -OCH3 is 1. The van der Waals surface area contributed by atoms with Crippen LogP contribution in [0.4, 0.5) is 5.69 Å². The average Bonchev–Trinajstić information content (AvgIpc) is 3.14. The summed E-state index contributed by atoms with van der Waals surface area (Å²) >= 11 is 1.46. The highest BCUT2D eigenvalue weighted by Crippen LogP contribution is 2.40. The van der Waals surface area contributed by atoms with Crippen LogP contribution in [-0.4, -0.2) is 31.1 Å². The summed E-state index contributed by atoms with van der Waals surface area (Å²) in [7, 11) is 1.40. The maximum Gasteiger partial charge on any atom is 0.350 e. The number of nitrogens with two attached hydrogens (primary N) is 1. The molecule has 1 aromatic rings. The van der Waals surface area contributed by atoms with E-state index in [1.165, 1.54) is 36.9 Å². The van der Waals surface area contributed by atoms with E-state index in [1.54, 1.807) is 0 Å². The van der Waals surface area contributed by atoms with Crippen molar-refractivity contribution >= 4 is 34.5 Å². The lowest BCUT2D eigenvalue weighted by Crippen LogP contribution is -2.44. The van der Waals surface area contributed by atoms with Crippen molar-refractivity contribution in [1.82, 2.24) is 0 Å². The predicted molar refractivity (Wildman–Crippen MR) is 110 cm³/mol. The van der Waals surface area contributed by atoms with Gasteiger partial charge in [0.15, 0.2) is 0 Å².